The number of hydrogen-bond acceptors (Lipinski definition) is 6. The summed E-state index contributed by atoms with van der Waals surface area (Å²) in [7, 11) is 0. The van der Waals surface area contributed by atoms with Gasteiger partial charge in [-0.25, -0.2) is 9.07 Å². The Kier molecular flexibility index (Phi) is 6.46. The van der Waals surface area contributed by atoms with Gasteiger partial charge in [-0.1, -0.05) is 54.2 Å². The van der Waals surface area contributed by atoms with Gasteiger partial charge in [0.25, 0.3) is 0 Å². The van der Waals surface area contributed by atoms with Crippen LogP contribution in [-0.2, 0) is 11.3 Å². The van der Waals surface area contributed by atoms with Crippen LogP contribution in [0.4, 0.5) is 4.39 Å². The maximum absolute atomic E-state index is 13.2. The van der Waals surface area contributed by atoms with E-state index in [0.717, 1.165) is 19.6 Å². The zero-order valence-corrected chi connectivity index (χ0v) is 19.4. The van der Waals surface area contributed by atoms with Crippen LogP contribution < -0.4 is 5.84 Å². The van der Waals surface area contributed by atoms with Gasteiger partial charge in [-0.15, -0.1) is 10.2 Å². The second-order valence-corrected chi connectivity index (χ2v) is 9.21. The summed E-state index contributed by atoms with van der Waals surface area (Å²) in [5.74, 6) is 6.51. The number of hydrogen-bond donors (Lipinski definition) is 1. The molecule has 1 fully saturated rings. The van der Waals surface area contributed by atoms with Crippen molar-refractivity contribution in [3.63, 3.8) is 0 Å². The third kappa shape index (κ3) is 4.76. The summed E-state index contributed by atoms with van der Waals surface area (Å²) in [4.78, 5) is 17.1. The van der Waals surface area contributed by atoms with Gasteiger partial charge in [0.1, 0.15) is 5.82 Å². The molecule has 0 radical (unpaired) electrons. The number of carbonyl (C=O) groups is 1. The zero-order chi connectivity index (χ0) is 23.5. The van der Waals surface area contributed by atoms with Gasteiger partial charge in [0.05, 0.1) is 5.75 Å². The molecule has 174 valence electrons. The van der Waals surface area contributed by atoms with Gasteiger partial charge >= 0.3 is 0 Å². The lowest BCUT2D eigenvalue weighted by Crippen LogP contribution is -2.48. The molecule has 0 atom stereocenters. The Morgan fingerprint density at radius 3 is 2.47 bits per heavy atom. The highest BCUT2D eigenvalue weighted by molar-refractivity contribution is 7.99. The summed E-state index contributed by atoms with van der Waals surface area (Å²) >= 11 is 1.26. The Hall–Kier alpha value is -3.43. The summed E-state index contributed by atoms with van der Waals surface area (Å²) in [5, 5.41) is 11.2. The van der Waals surface area contributed by atoms with Crippen molar-refractivity contribution in [3.8, 4) is 11.4 Å². The van der Waals surface area contributed by atoms with E-state index < -0.39 is 0 Å². The summed E-state index contributed by atoms with van der Waals surface area (Å²) in [5.41, 5.74) is 1.98. The Morgan fingerprint density at radius 1 is 0.941 bits per heavy atom. The molecule has 1 saturated heterocycles. The quantitative estimate of drug-likeness (QED) is 0.340. The molecule has 2 heterocycles. The minimum atomic E-state index is -0.329. The van der Waals surface area contributed by atoms with Crippen LogP contribution in [0.25, 0.3) is 22.2 Å². The topological polar surface area (TPSA) is 80.3 Å². The maximum atomic E-state index is 13.2. The summed E-state index contributed by atoms with van der Waals surface area (Å²) in [6.07, 6.45) is 0. The van der Waals surface area contributed by atoms with Gasteiger partial charge in [0.2, 0.25) is 11.1 Å². The fraction of sp³-hybridized carbons (Fsp3) is 0.240. The molecule has 0 aliphatic carbocycles. The van der Waals surface area contributed by atoms with E-state index in [9.17, 15) is 9.18 Å². The Morgan fingerprint density at radius 2 is 1.68 bits per heavy atom. The lowest BCUT2D eigenvalue weighted by Gasteiger charge is -2.35. The molecule has 4 aromatic rings. The van der Waals surface area contributed by atoms with Gasteiger partial charge in [-0.2, -0.15) is 0 Å². The molecule has 1 amide bonds. The summed E-state index contributed by atoms with van der Waals surface area (Å²) in [6, 6.07) is 20.7. The highest BCUT2D eigenvalue weighted by Crippen LogP contribution is 2.23. The van der Waals surface area contributed by atoms with E-state index in [1.165, 1.54) is 44.9 Å². The molecular weight excluding hydrogens is 451 g/mol. The predicted octanol–water partition coefficient (Wildman–Crippen LogP) is 3.39. The molecule has 1 aromatic heterocycles. The van der Waals surface area contributed by atoms with E-state index in [1.54, 1.807) is 12.1 Å². The number of carbonyl (C=O) groups excluding carboxylic acids is 1. The lowest BCUT2D eigenvalue weighted by atomic mass is 10.0. The first kappa shape index (κ1) is 22.4. The van der Waals surface area contributed by atoms with Crippen molar-refractivity contribution in [3.05, 3.63) is 78.1 Å². The van der Waals surface area contributed by atoms with Gasteiger partial charge in [-0.3, -0.25) is 9.69 Å². The average molecular weight is 477 g/mol. The van der Waals surface area contributed by atoms with Crippen LogP contribution in [0.2, 0.25) is 0 Å². The monoisotopic (exact) mass is 476 g/mol. The Bertz CT molecular complexity index is 1300. The van der Waals surface area contributed by atoms with Gasteiger partial charge in [0.15, 0.2) is 5.82 Å². The molecule has 2 N–H and O–H groups in total. The van der Waals surface area contributed by atoms with Crippen LogP contribution in [0.3, 0.4) is 0 Å². The molecule has 3 aromatic carbocycles. The van der Waals surface area contributed by atoms with Crippen molar-refractivity contribution in [1.29, 1.82) is 0 Å². The highest BCUT2D eigenvalue weighted by atomic mass is 32.2. The largest absolute Gasteiger partial charge is 0.339 e. The van der Waals surface area contributed by atoms with Crippen molar-refractivity contribution in [2.45, 2.75) is 11.7 Å². The fourth-order valence-corrected chi connectivity index (χ4v) is 4.97. The number of nitrogens with zero attached hydrogens (tertiary/aromatic N) is 5. The first-order chi connectivity index (χ1) is 16.6. The minimum Gasteiger partial charge on any atom is -0.339 e. The highest BCUT2D eigenvalue weighted by Gasteiger charge is 2.22. The molecule has 0 spiro atoms. The molecule has 9 heteroatoms. The van der Waals surface area contributed by atoms with Gasteiger partial charge < -0.3 is 10.7 Å². The summed E-state index contributed by atoms with van der Waals surface area (Å²) < 4.78 is 14.5. The Balaban J connectivity index is 1.14. The smallest absolute Gasteiger partial charge is 0.233 e. The van der Waals surface area contributed by atoms with E-state index in [0.29, 0.717) is 29.6 Å². The molecule has 1 aliphatic heterocycles. The van der Waals surface area contributed by atoms with Crippen LogP contribution in [0, 0.1) is 5.82 Å². The normalized spacial score (nSPS) is 14.6. The number of nitrogen functional groups attached to an aromatic ring is 1. The number of thioether (sulfide) groups is 1. The second kappa shape index (κ2) is 9.82. The number of fused-ring (bicyclic) bond motifs is 1. The predicted molar refractivity (Wildman–Crippen MR) is 132 cm³/mol. The van der Waals surface area contributed by atoms with E-state index in [4.69, 9.17) is 5.84 Å². The van der Waals surface area contributed by atoms with Crippen LogP contribution in [0.5, 0.6) is 0 Å². The van der Waals surface area contributed by atoms with Crippen molar-refractivity contribution < 1.29 is 9.18 Å². The van der Waals surface area contributed by atoms with Crippen molar-refractivity contribution in [2.24, 2.45) is 0 Å². The van der Waals surface area contributed by atoms with E-state index in [-0.39, 0.29) is 17.5 Å². The molecule has 0 saturated carbocycles. The number of piperazine rings is 1. The fourth-order valence-electron chi connectivity index (χ4n) is 4.22. The van der Waals surface area contributed by atoms with Crippen LogP contribution in [0.15, 0.2) is 71.9 Å². The number of benzene rings is 3. The van der Waals surface area contributed by atoms with Crippen LogP contribution >= 0.6 is 11.8 Å². The molecule has 7 nitrogen and oxygen atoms in total. The van der Waals surface area contributed by atoms with Gasteiger partial charge in [0, 0.05) is 38.3 Å². The third-order valence-electron chi connectivity index (χ3n) is 6.09. The number of aromatic nitrogens is 3. The number of nitrogens with two attached hydrogens (primary N) is 1. The molecule has 0 unspecified atom stereocenters. The van der Waals surface area contributed by atoms with Gasteiger partial charge in [-0.05, 0) is 40.6 Å². The number of amides is 1. The first-order valence-electron chi connectivity index (χ1n) is 11.1. The third-order valence-corrected chi connectivity index (χ3v) is 7.02. The molecule has 0 bridgehead atoms. The van der Waals surface area contributed by atoms with E-state index >= 15 is 0 Å². The molecule has 1 aliphatic rings. The first-order valence-corrected chi connectivity index (χ1v) is 12.1. The lowest BCUT2D eigenvalue weighted by molar-refractivity contribution is -0.130. The van der Waals surface area contributed by atoms with Crippen LogP contribution in [0.1, 0.15) is 5.56 Å². The zero-order valence-electron chi connectivity index (χ0n) is 18.6. The average Bonchev–Trinajstić information content (AvgIpc) is 3.24. The van der Waals surface area contributed by atoms with Crippen molar-refractivity contribution in [2.75, 3.05) is 37.8 Å². The van der Waals surface area contributed by atoms with Crippen molar-refractivity contribution in [1.82, 2.24) is 24.7 Å². The Labute approximate surface area is 201 Å². The van der Waals surface area contributed by atoms with Crippen LogP contribution in [-0.4, -0.2) is 62.5 Å². The van der Waals surface area contributed by atoms with Crippen molar-refractivity contribution >= 4 is 28.4 Å². The van der Waals surface area contributed by atoms with E-state index in [1.807, 2.05) is 4.90 Å². The summed E-state index contributed by atoms with van der Waals surface area (Å²) in [6.45, 7) is 3.93. The number of rotatable bonds is 6. The number of halogens is 1. The molecule has 34 heavy (non-hydrogen) atoms. The maximum Gasteiger partial charge on any atom is 0.233 e. The molecular formula is C25H25FN6OS. The molecule has 5 rings (SSSR count). The standard InChI is InChI=1S/C25H25FN6OS/c26-21-10-8-19(9-11-21)24-28-29-25(32(24)27)34-17-23(33)31-14-12-30(13-15-31)16-20-6-3-5-18-4-1-2-7-22(18)20/h1-11H,12-17,27H2. The second-order valence-electron chi connectivity index (χ2n) is 8.27. The minimum absolute atomic E-state index is 0.0566. The SMILES string of the molecule is Nn1c(SCC(=O)N2CCN(Cc3cccc4ccccc34)CC2)nnc1-c1ccc(F)cc1. The van der Waals surface area contributed by atoms with E-state index in [2.05, 4.69) is 57.6 Å².